The van der Waals surface area contributed by atoms with Gasteiger partial charge in [0.05, 0.1) is 22.3 Å². The summed E-state index contributed by atoms with van der Waals surface area (Å²) in [4.78, 5) is 30.1. The number of halogens is 1. The van der Waals surface area contributed by atoms with Crippen molar-refractivity contribution in [2.45, 2.75) is 11.8 Å². The normalized spacial score (nSPS) is 14.6. The Labute approximate surface area is 197 Å². The minimum absolute atomic E-state index is 0.0557. The molecule has 1 aromatic heterocycles. The van der Waals surface area contributed by atoms with Crippen LogP contribution in [-0.4, -0.2) is 55.6 Å². The number of carbonyl (C=O) groups is 2. The van der Waals surface area contributed by atoms with E-state index in [1.54, 1.807) is 18.2 Å². The van der Waals surface area contributed by atoms with E-state index in [9.17, 15) is 22.4 Å². The first-order valence-electron chi connectivity index (χ1n) is 10.6. The number of pyridine rings is 1. The zero-order valence-corrected chi connectivity index (χ0v) is 19.3. The Kier molecular flexibility index (Phi) is 6.71. The van der Waals surface area contributed by atoms with E-state index in [2.05, 4.69) is 10.3 Å². The first kappa shape index (κ1) is 23.5. The molecule has 8 nitrogen and oxygen atoms in total. The average Bonchev–Trinajstić information content (AvgIpc) is 2.85. The maximum Gasteiger partial charge on any atom is 0.258 e. The molecule has 0 unspecified atom stereocenters. The second kappa shape index (κ2) is 9.70. The number of Topliss-reactive ketones (excluding diaryl/α,β-unsaturated/α-hetero) is 1. The molecule has 3 aromatic rings. The molecule has 2 heterocycles. The van der Waals surface area contributed by atoms with Crippen molar-refractivity contribution in [1.29, 1.82) is 0 Å². The number of piperazine rings is 1. The number of rotatable bonds is 6. The maximum absolute atomic E-state index is 13.8. The van der Waals surface area contributed by atoms with Gasteiger partial charge in [0.1, 0.15) is 11.6 Å². The molecule has 2 aromatic carbocycles. The van der Waals surface area contributed by atoms with Crippen LogP contribution in [0.3, 0.4) is 0 Å². The first-order valence-corrected chi connectivity index (χ1v) is 12.1. The molecule has 0 saturated carbocycles. The fourth-order valence-corrected chi connectivity index (χ4v) is 5.08. The molecule has 0 atom stereocenters. The fourth-order valence-electron chi connectivity index (χ4n) is 3.66. The van der Waals surface area contributed by atoms with Gasteiger partial charge < -0.3 is 10.2 Å². The summed E-state index contributed by atoms with van der Waals surface area (Å²) in [7, 11) is -3.66. The van der Waals surface area contributed by atoms with E-state index in [1.165, 1.54) is 59.9 Å². The summed E-state index contributed by atoms with van der Waals surface area (Å²) >= 11 is 0. The second-order valence-electron chi connectivity index (χ2n) is 7.81. The Hall–Kier alpha value is -3.63. The molecule has 0 aliphatic carbocycles. The zero-order chi connectivity index (χ0) is 24.3. The molecule has 0 bridgehead atoms. The van der Waals surface area contributed by atoms with Gasteiger partial charge in [0.25, 0.3) is 5.91 Å². The summed E-state index contributed by atoms with van der Waals surface area (Å²) in [5.74, 6) is -0.648. The molecule has 4 rings (SSSR count). The third kappa shape index (κ3) is 4.97. The highest BCUT2D eigenvalue weighted by molar-refractivity contribution is 7.89. The van der Waals surface area contributed by atoms with Gasteiger partial charge in [-0.3, -0.25) is 9.59 Å². The molecule has 0 spiro atoms. The molecule has 176 valence electrons. The minimum Gasteiger partial charge on any atom is -0.354 e. The summed E-state index contributed by atoms with van der Waals surface area (Å²) in [6.07, 6.45) is 1.48. The van der Waals surface area contributed by atoms with Crippen LogP contribution in [0.1, 0.15) is 27.6 Å². The van der Waals surface area contributed by atoms with Gasteiger partial charge in [-0.05, 0) is 43.3 Å². The molecule has 1 fully saturated rings. The van der Waals surface area contributed by atoms with Crippen molar-refractivity contribution in [2.75, 3.05) is 36.4 Å². The molecule has 1 amide bonds. The van der Waals surface area contributed by atoms with E-state index in [0.717, 1.165) is 0 Å². The fraction of sp³-hybridized carbons (Fsp3) is 0.208. The van der Waals surface area contributed by atoms with E-state index in [-0.39, 0.29) is 29.3 Å². The van der Waals surface area contributed by atoms with E-state index in [4.69, 9.17) is 0 Å². The van der Waals surface area contributed by atoms with Crippen molar-refractivity contribution in [3.05, 3.63) is 83.8 Å². The third-order valence-electron chi connectivity index (χ3n) is 5.59. The van der Waals surface area contributed by atoms with E-state index >= 15 is 0 Å². The Morgan fingerprint density at radius 3 is 2.21 bits per heavy atom. The Balaban J connectivity index is 1.37. The van der Waals surface area contributed by atoms with Crippen LogP contribution in [0.2, 0.25) is 0 Å². The number of hydrogen-bond acceptors (Lipinski definition) is 6. The van der Waals surface area contributed by atoms with E-state index in [1.807, 2.05) is 4.90 Å². The highest BCUT2D eigenvalue weighted by atomic mass is 32.2. The first-order chi connectivity index (χ1) is 16.3. The van der Waals surface area contributed by atoms with Gasteiger partial charge in [-0.1, -0.05) is 24.3 Å². The lowest BCUT2D eigenvalue weighted by Crippen LogP contribution is -2.48. The molecule has 1 saturated heterocycles. The highest BCUT2D eigenvalue weighted by Crippen LogP contribution is 2.22. The average molecular weight is 483 g/mol. The van der Waals surface area contributed by atoms with Gasteiger partial charge in [0.2, 0.25) is 10.0 Å². The number of carbonyl (C=O) groups excluding carboxylic acids is 2. The lowest BCUT2D eigenvalue weighted by atomic mass is 10.2. The van der Waals surface area contributed by atoms with Gasteiger partial charge >= 0.3 is 0 Å². The van der Waals surface area contributed by atoms with Crippen LogP contribution in [0.4, 0.5) is 15.9 Å². The van der Waals surface area contributed by atoms with Crippen molar-refractivity contribution in [2.24, 2.45) is 0 Å². The number of benzene rings is 2. The number of aromatic nitrogens is 1. The molecule has 10 heteroatoms. The van der Waals surface area contributed by atoms with Crippen LogP contribution in [0, 0.1) is 5.82 Å². The topological polar surface area (TPSA) is 99.7 Å². The van der Waals surface area contributed by atoms with Crippen LogP contribution in [0.25, 0.3) is 0 Å². The number of ketones is 1. The third-order valence-corrected chi connectivity index (χ3v) is 7.50. The van der Waals surface area contributed by atoms with Crippen molar-refractivity contribution in [3.8, 4) is 0 Å². The number of nitrogens with zero attached hydrogens (tertiary/aromatic N) is 3. The molecule has 1 aliphatic rings. The van der Waals surface area contributed by atoms with Gasteiger partial charge in [-0.25, -0.2) is 17.8 Å². The number of amides is 1. The Morgan fingerprint density at radius 2 is 1.62 bits per heavy atom. The highest BCUT2D eigenvalue weighted by Gasteiger charge is 2.29. The number of nitrogens with one attached hydrogen (secondary N) is 1. The maximum atomic E-state index is 13.8. The quantitative estimate of drug-likeness (QED) is 0.542. The van der Waals surface area contributed by atoms with Crippen LogP contribution < -0.4 is 10.2 Å². The smallest absolute Gasteiger partial charge is 0.258 e. The predicted molar refractivity (Wildman–Crippen MR) is 126 cm³/mol. The zero-order valence-electron chi connectivity index (χ0n) is 18.4. The van der Waals surface area contributed by atoms with Crippen LogP contribution in [0.15, 0.2) is 71.8 Å². The van der Waals surface area contributed by atoms with Crippen molar-refractivity contribution in [3.63, 3.8) is 0 Å². The largest absolute Gasteiger partial charge is 0.354 e. The Morgan fingerprint density at radius 1 is 0.941 bits per heavy atom. The lowest BCUT2D eigenvalue weighted by molar-refractivity contribution is 0.101. The minimum atomic E-state index is -3.66. The monoisotopic (exact) mass is 482 g/mol. The second-order valence-corrected chi connectivity index (χ2v) is 9.75. The molecular formula is C24H23FN4O4S. The van der Waals surface area contributed by atoms with E-state index < -0.39 is 21.7 Å². The summed E-state index contributed by atoms with van der Waals surface area (Å²) in [5, 5.41) is 2.62. The summed E-state index contributed by atoms with van der Waals surface area (Å²) in [6.45, 7) is 2.88. The standard InChI is InChI=1S/C24H23FN4O4S/c1-17(30)18-6-9-20(10-7-18)34(32,33)29-14-12-28(13-15-29)23-11-8-19(16-26-23)27-24(31)21-4-2-3-5-22(21)25/h2-11,16H,12-15H2,1H3,(H,27,31). The molecule has 0 radical (unpaired) electrons. The van der Waals surface area contributed by atoms with Crippen molar-refractivity contribution in [1.82, 2.24) is 9.29 Å². The molecule has 1 N–H and O–H groups in total. The molecule has 1 aliphatic heterocycles. The predicted octanol–water partition coefficient (Wildman–Crippen LogP) is 3.19. The van der Waals surface area contributed by atoms with E-state index in [0.29, 0.717) is 30.2 Å². The van der Waals surface area contributed by atoms with Crippen LogP contribution in [-0.2, 0) is 10.0 Å². The summed E-state index contributed by atoms with van der Waals surface area (Å²) in [6, 6.07) is 15.0. The molecular weight excluding hydrogens is 459 g/mol. The van der Waals surface area contributed by atoms with Crippen LogP contribution in [0.5, 0.6) is 0 Å². The molecule has 34 heavy (non-hydrogen) atoms. The van der Waals surface area contributed by atoms with Gasteiger partial charge in [0, 0.05) is 31.7 Å². The van der Waals surface area contributed by atoms with Crippen molar-refractivity contribution < 1.29 is 22.4 Å². The Bertz CT molecular complexity index is 1300. The number of anilines is 2. The van der Waals surface area contributed by atoms with Gasteiger partial charge in [-0.15, -0.1) is 0 Å². The van der Waals surface area contributed by atoms with Gasteiger partial charge in [-0.2, -0.15) is 4.31 Å². The number of hydrogen-bond donors (Lipinski definition) is 1. The summed E-state index contributed by atoms with van der Waals surface area (Å²) in [5.41, 5.74) is 0.829. The summed E-state index contributed by atoms with van der Waals surface area (Å²) < 4.78 is 41.1. The van der Waals surface area contributed by atoms with Crippen LogP contribution >= 0.6 is 0 Å². The van der Waals surface area contributed by atoms with Crippen molar-refractivity contribution >= 4 is 33.2 Å². The lowest BCUT2D eigenvalue weighted by Gasteiger charge is -2.34. The van der Waals surface area contributed by atoms with Gasteiger partial charge in [0.15, 0.2) is 5.78 Å². The number of sulfonamides is 1. The SMILES string of the molecule is CC(=O)c1ccc(S(=O)(=O)N2CCN(c3ccc(NC(=O)c4ccccc4F)cn3)CC2)cc1.